The average molecular weight is 232 g/mol. The fourth-order valence-electron chi connectivity index (χ4n) is 2.98. The van der Waals surface area contributed by atoms with Crippen molar-refractivity contribution in [2.45, 2.75) is 58.0 Å². The molecule has 0 aromatic carbocycles. The Kier molecular flexibility index (Phi) is 4.16. The van der Waals surface area contributed by atoms with Gasteiger partial charge < -0.3 is 0 Å². The van der Waals surface area contributed by atoms with E-state index in [0.717, 1.165) is 6.04 Å². The van der Waals surface area contributed by atoms with Crippen LogP contribution in [0.5, 0.6) is 0 Å². The van der Waals surface area contributed by atoms with Crippen LogP contribution in [0.2, 0.25) is 0 Å². The SMILES string of the molecule is Cc1cnccc1C(C)N(C)C1CCCCC1. The van der Waals surface area contributed by atoms with Gasteiger partial charge in [0, 0.05) is 24.5 Å². The molecule has 1 aliphatic rings. The molecule has 1 atom stereocenters. The second-order valence-corrected chi connectivity index (χ2v) is 5.37. The third-order valence-electron chi connectivity index (χ3n) is 4.28. The van der Waals surface area contributed by atoms with E-state index in [1.165, 1.54) is 43.2 Å². The van der Waals surface area contributed by atoms with E-state index in [1.54, 1.807) is 0 Å². The third-order valence-corrected chi connectivity index (χ3v) is 4.28. The van der Waals surface area contributed by atoms with Crippen molar-refractivity contribution >= 4 is 0 Å². The lowest BCUT2D eigenvalue weighted by molar-refractivity contribution is 0.146. The molecule has 0 spiro atoms. The van der Waals surface area contributed by atoms with Crippen LogP contribution in [0.1, 0.15) is 56.2 Å². The van der Waals surface area contributed by atoms with Crippen molar-refractivity contribution in [2.75, 3.05) is 7.05 Å². The minimum atomic E-state index is 0.501. The lowest BCUT2D eigenvalue weighted by Crippen LogP contribution is -2.35. The largest absolute Gasteiger partial charge is 0.297 e. The number of nitrogens with zero attached hydrogens (tertiary/aromatic N) is 2. The normalized spacial score (nSPS) is 19.5. The van der Waals surface area contributed by atoms with Gasteiger partial charge in [-0.2, -0.15) is 0 Å². The number of aryl methyl sites for hydroxylation is 1. The summed E-state index contributed by atoms with van der Waals surface area (Å²) in [6.45, 7) is 4.48. The number of aromatic nitrogens is 1. The van der Waals surface area contributed by atoms with Crippen LogP contribution in [0.3, 0.4) is 0 Å². The van der Waals surface area contributed by atoms with Gasteiger partial charge in [0.1, 0.15) is 0 Å². The fourth-order valence-corrected chi connectivity index (χ4v) is 2.98. The molecule has 1 aliphatic carbocycles. The molecule has 0 aliphatic heterocycles. The zero-order chi connectivity index (χ0) is 12.3. The van der Waals surface area contributed by atoms with E-state index < -0.39 is 0 Å². The molecule has 17 heavy (non-hydrogen) atoms. The summed E-state index contributed by atoms with van der Waals surface area (Å²) < 4.78 is 0. The fraction of sp³-hybridized carbons (Fsp3) is 0.667. The lowest BCUT2D eigenvalue weighted by Gasteiger charge is -2.36. The first kappa shape index (κ1) is 12.6. The molecule has 0 radical (unpaired) electrons. The number of hydrogen-bond donors (Lipinski definition) is 0. The summed E-state index contributed by atoms with van der Waals surface area (Å²) >= 11 is 0. The first-order valence-corrected chi connectivity index (χ1v) is 6.82. The molecule has 1 heterocycles. The third kappa shape index (κ3) is 2.86. The molecule has 2 nitrogen and oxygen atoms in total. The second-order valence-electron chi connectivity index (χ2n) is 5.37. The Labute approximate surface area is 105 Å². The van der Waals surface area contributed by atoms with Crippen LogP contribution in [0.15, 0.2) is 18.5 Å². The molecule has 1 unspecified atom stereocenters. The standard InChI is InChI=1S/C15H24N2/c1-12-11-16-10-9-15(12)13(2)17(3)14-7-5-4-6-8-14/h9-11,13-14H,4-8H2,1-3H3. The van der Waals surface area contributed by atoms with E-state index in [1.807, 2.05) is 12.4 Å². The van der Waals surface area contributed by atoms with Crippen molar-refractivity contribution in [2.24, 2.45) is 0 Å². The van der Waals surface area contributed by atoms with Crippen molar-refractivity contribution < 1.29 is 0 Å². The minimum absolute atomic E-state index is 0.501. The Morgan fingerprint density at radius 1 is 1.29 bits per heavy atom. The topological polar surface area (TPSA) is 16.1 Å². The van der Waals surface area contributed by atoms with E-state index in [9.17, 15) is 0 Å². The quantitative estimate of drug-likeness (QED) is 0.789. The van der Waals surface area contributed by atoms with E-state index >= 15 is 0 Å². The first-order chi connectivity index (χ1) is 8.20. The van der Waals surface area contributed by atoms with Gasteiger partial charge in [0.15, 0.2) is 0 Å². The van der Waals surface area contributed by atoms with Crippen LogP contribution in [0.25, 0.3) is 0 Å². The van der Waals surface area contributed by atoms with E-state index in [4.69, 9.17) is 0 Å². The molecule has 0 amide bonds. The van der Waals surface area contributed by atoms with Crippen molar-refractivity contribution in [3.05, 3.63) is 29.6 Å². The molecule has 1 aromatic rings. The van der Waals surface area contributed by atoms with Crippen LogP contribution in [0, 0.1) is 6.92 Å². The monoisotopic (exact) mass is 232 g/mol. The molecular weight excluding hydrogens is 208 g/mol. The molecule has 0 N–H and O–H groups in total. The molecule has 2 rings (SSSR count). The molecule has 0 bridgehead atoms. The Balaban J connectivity index is 2.08. The Hall–Kier alpha value is -0.890. The summed E-state index contributed by atoms with van der Waals surface area (Å²) in [5.41, 5.74) is 2.73. The summed E-state index contributed by atoms with van der Waals surface area (Å²) in [5.74, 6) is 0. The Morgan fingerprint density at radius 2 is 2.00 bits per heavy atom. The number of rotatable bonds is 3. The molecule has 1 fully saturated rings. The van der Waals surface area contributed by atoms with E-state index in [2.05, 4.69) is 36.8 Å². The van der Waals surface area contributed by atoms with Gasteiger partial charge >= 0.3 is 0 Å². The summed E-state index contributed by atoms with van der Waals surface area (Å²) in [6.07, 6.45) is 10.8. The Bertz CT molecular complexity index is 356. The van der Waals surface area contributed by atoms with E-state index in [-0.39, 0.29) is 0 Å². The number of hydrogen-bond acceptors (Lipinski definition) is 2. The highest BCUT2D eigenvalue weighted by atomic mass is 15.2. The lowest BCUT2D eigenvalue weighted by atomic mass is 9.92. The van der Waals surface area contributed by atoms with Gasteiger partial charge in [-0.3, -0.25) is 9.88 Å². The molecule has 1 saturated carbocycles. The van der Waals surface area contributed by atoms with Gasteiger partial charge in [-0.15, -0.1) is 0 Å². The van der Waals surface area contributed by atoms with Crippen LogP contribution in [-0.2, 0) is 0 Å². The number of pyridine rings is 1. The van der Waals surface area contributed by atoms with Crippen LogP contribution in [-0.4, -0.2) is 23.0 Å². The summed E-state index contributed by atoms with van der Waals surface area (Å²) in [6, 6.07) is 3.44. The summed E-state index contributed by atoms with van der Waals surface area (Å²) in [5, 5.41) is 0. The van der Waals surface area contributed by atoms with Crippen molar-refractivity contribution in [3.8, 4) is 0 Å². The van der Waals surface area contributed by atoms with Gasteiger partial charge in [-0.1, -0.05) is 19.3 Å². The highest BCUT2D eigenvalue weighted by Gasteiger charge is 2.23. The maximum atomic E-state index is 4.18. The van der Waals surface area contributed by atoms with Gasteiger partial charge in [0.2, 0.25) is 0 Å². The predicted molar refractivity (Wildman–Crippen MR) is 72.0 cm³/mol. The van der Waals surface area contributed by atoms with Crippen LogP contribution in [0.4, 0.5) is 0 Å². The van der Waals surface area contributed by atoms with Crippen molar-refractivity contribution in [1.29, 1.82) is 0 Å². The smallest absolute Gasteiger partial charge is 0.0323 e. The molecule has 2 heteroatoms. The van der Waals surface area contributed by atoms with Crippen molar-refractivity contribution in [3.63, 3.8) is 0 Å². The predicted octanol–water partition coefficient (Wildman–Crippen LogP) is 3.72. The molecule has 1 aromatic heterocycles. The minimum Gasteiger partial charge on any atom is -0.297 e. The Morgan fingerprint density at radius 3 is 2.65 bits per heavy atom. The second kappa shape index (κ2) is 5.63. The van der Waals surface area contributed by atoms with Crippen molar-refractivity contribution in [1.82, 2.24) is 9.88 Å². The maximum Gasteiger partial charge on any atom is 0.0323 e. The highest BCUT2D eigenvalue weighted by molar-refractivity contribution is 5.24. The first-order valence-electron chi connectivity index (χ1n) is 6.82. The van der Waals surface area contributed by atoms with Gasteiger partial charge in [-0.25, -0.2) is 0 Å². The highest BCUT2D eigenvalue weighted by Crippen LogP contribution is 2.29. The van der Waals surface area contributed by atoms with Crippen LogP contribution >= 0.6 is 0 Å². The van der Waals surface area contributed by atoms with E-state index in [0.29, 0.717) is 6.04 Å². The van der Waals surface area contributed by atoms with Gasteiger partial charge in [0.25, 0.3) is 0 Å². The van der Waals surface area contributed by atoms with Crippen LogP contribution < -0.4 is 0 Å². The maximum absolute atomic E-state index is 4.18. The van der Waals surface area contributed by atoms with Gasteiger partial charge in [0.05, 0.1) is 0 Å². The van der Waals surface area contributed by atoms with Gasteiger partial charge in [-0.05, 0) is 50.9 Å². The molecule has 94 valence electrons. The molecule has 0 saturated heterocycles. The summed E-state index contributed by atoms with van der Waals surface area (Å²) in [7, 11) is 2.28. The average Bonchev–Trinajstić information content (AvgIpc) is 2.39. The summed E-state index contributed by atoms with van der Waals surface area (Å²) in [4.78, 5) is 6.74. The zero-order valence-electron chi connectivity index (χ0n) is 11.3. The molecular formula is C15H24N2. The zero-order valence-corrected chi connectivity index (χ0v) is 11.3.